The zero-order valence-corrected chi connectivity index (χ0v) is 14.0. The molecule has 0 atom stereocenters. The minimum absolute atomic E-state index is 0.0128. The molecule has 0 bridgehead atoms. The molecule has 0 aliphatic rings. The van der Waals surface area contributed by atoms with E-state index in [1.54, 1.807) is 0 Å². The van der Waals surface area contributed by atoms with Crippen molar-refractivity contribution in [3.05, 3.63) is 15.9 Å². The molecule has 10 heteroatoms. The molecule has 5 nitrogen and oxygen atoms in total. The number of halogens is 5. The molecule has 0 aliphatic heterocycles. The molecule has 22 heavy (non-hydrogen) atoms. The van der Waals surface area contributed by atoms with Crippen LogP contribution in [0.3, 0.4) is 0 Å². The van der Waals surface area contributed by atoms with Crippen molar-refractivity contribution >= 4 is 38.7 Å². The van der Waals surface area contributed by atoms with Gasteiger partial charge in [0, 0.05) is 19.4 Å². The van der Waals surface area contributed by atoms with Gasteiger partial charge in [0.05, 0.1) is 16.7 Å². The number of amides is 1. The second-order valence-electron chi connectivity index (χ2n) is 4.53. The Morgan fingerprint density at radius 1 is 1.36 bits per heavy atom. The number of hydrogen-bond acceptors (Lipinski definition) is 3. The summed E-state index contributed by atoms with van der Waals surface area (Å²) in [5.74, 6) is -0.332. The predicted molar refractivity (Wildman–Crippen MR) is 77.4 cm³/mol. The monoisotopic (exact) mass is 403 g/mol. The third kappa shape index (κ3) is 5.60. The summed E-state index contributed by atoms with van der Waals surface area (Å²) < 4.78 is 39.1. The third-order valence-electron chi connectivity index (χ3n) is 2.82. The molecule has 0 aromatic carbocycles. The highest BCUT2D eigenvalue weighted by atomic mass is 79.9. The van der Waals surface area contributed by atoms with Crippen molar-refractivity contribution in [3.63, 3.8) is 0 Å². The lowest BCUT2D eigenvalue weighted by Crippen LogP contribution is -2.26. The average molecular weight is 405 g/mol. The van der Waals surface area contributed by atoms with Crippen LogP contribution in [-0.2, 0) is 22.3 Å². The van der Waals surface area contributed by atoms with Crippen molar-refractivity contribution in [1.29, 1.82) is 0 Å². The van der Waals surface area contributed by atoms with Crippen molar-refractivity contribution in [2.75, 3.05) is 6.54 Å². The van der Waals surface area contributed by atoms with Crippen molar-refractivity contribution < 1.29 is 22.8 Å². The second kappa shape index (κ2) is 7.96. The van der Waals surface area contributed by atoms with Gasteiger partial charge in [0.2, 0.25) is 11.1 Å². The standard InChI is InChI=1S/C12H14BrClF3N3O2/c1-7-10(13)11(12(15,16)17)19-20(7)6-4-9(22)18-5-2-3-8(14)21/h2-6H2,1H3,(H,18,22). The molecule has 1 aromatic rings. The maximum Gasteiger partial charge on any atom is 0.436 e. The number of hydrogen-bond donors (Lipinski definition) is 1. The Hall–Kier alpha value is -1.09. The number of carbonyl (C=O) groups is 2. The summed E-state index contributed by atoms with van der Waals surface area (Å²) in [6.07, 6.45) is -3.99. The molecule has 1 heterocycles. The number of aromatic nitrogens is 2. The van der Waals surface area contributed by atoms with Crippen LogP contribution in [0.2, 0.25) is 0 Å². The highest BCUT2D eigenvalue weighted by molar-refractivity contribution is 9.10. The lowest BCUT2D eigenvalue weighted by Gasteiger charge is -2.06. The van der Waals surface area contributed by atoms with E-state index in [1.165, 1.54) is 6.92 Å². The first kappa shape index (κ1) is 19.0. The van der Waals surface area contributed by atoms with Crippen LogP contribution in [0, 0.1) is 6.92 Å². The summed E-state index contributed by atoms with van der Waals surface area (Å²) >= 11 is 8.01. The van der Waals surface area contributed by atoms with E-state index in [-0.39, 0.29) is 36.3 Å². The van der Waals surface area contributed by atoms with Gasteiger partial charge in [-0.3, -0.25) is 14.3 Å². The van der Waals surface area contributed by atoms with Gasteiger partial charge in [-0.1, -0.05) is 0 Å². The Morgan fingerprint density at radius 2 is 2.00 bits per heavy atom. The minimum Gasteiger partial charge on any atom is -0.356 e. The fourth-order valence-corrected chi connectivity index (χ4v) is 2.32. The number of nitrogens with zero attached hydrogens (tertiary/aromatic N) is 2. The minimum atomic E-state index is -4.55. The van der Waals surface area contributed by atoms with Gasteiger partial charge in [-0.15, -0.1) is 0 Å². The Morgan fingerprint density at radius 3 is 2.50 bits per heavy atom. The number of alkyl halides is 3. The van der Waals surface area contributed by atoms with Gasteiger partial charge in [-0.2, -0.15) is 18.3 Å². The summed E-state index contributed by atoms with van der Waals surface area (Å²) in [6.45, 7) is 1.80. The second-order valence-corrected chi connectivity index (χ2v) is 5.74. The van der Waals surface area contributed by atoms with Crippen LogP contribution < -0.4 is 5.32 Å². The lowest BCUT2D eigenvalue weighted by atomic mass is 10.3. The van der Waals surface area contributed by atoms with Gasteiger partial charge < -0.3 is 5.32 Å². The van der Waals surface area contributed by atoms with E-state index < -0.39 is 17.1 Å². The number of rotatable bonds is 7. The van der Waals surface area contributed by atoms with E-state index in [0.29, 0.717) is 12.1 Å². The Kier molecular flexibility index (Phi) is 6.86. The topological polar surface area (TPSA) is 64.0 Å². The Balaban J connectivity index is 2.51. The molecule has 1 rings (SSSR count). The SMILES string of the molecule is Cc1c(Br)c(C(F)(F)F)nn1CCC(=O)NCCCC(=O)Cl. The molecule has 0 spiro atoms. The fourth-order valence-electron chi connectivity index (χ4n) is 1.67. The third-order valence-corrected chi connectivity index (χ3v) is 3.96. The van der Waals surface area contributed by atoms with Crippen LogP contribution in [-0.4, -0.2) is 27.5 Å². The van der Waals surface area contributed by atoms with E-state index in [4.69, 9.17) is 11.6 Å². The first-order chi connectivity index (χ1) is 10.1. The van der Waals surface area contributed by atoms with E-state index in [0.717, 1.165) is 4.68 Å². The highest BCUT2D eigenvalue weighted by Crippen LogP contribution is 2.35. The van der Waals surface area contributed by atoms with Crippen LogP contribution in [0.4, 0.5) is 13.2 Å². The molecule has 1 N–H and O–H groups in total. The first-order valence-electron chi connectivity index (χ1n) is 6.38. The zero-order chi connectivity index (χ0) is 16.9. The Labute approximate surface area is 138 Å². The normalized spacial score (nSPS) is 11.5. The fraction of sp³-hybridized carbons (Fsp3) is 0.583. The molecular formula is C12H14BrClF3N3O2. The molecule has 0 saturated carbocycles. The molecule has 0 aliphatic carbocycles. The maximum absolute atomic E-state index is 12.7. The van der Waals surface area contributed by atoms with Crippen LogP contribution in [0.25, 0.3) is 0 Å². The molecule has 1 amide bonds. The molecule has 124 valence electrons. The van der Waals surface area contributed by atoms with Crippen LogP contribution in [0.5, 0.6) is 0 Å². The van der Waals surface area contributed by atoms with Crippen molar-refractivity contribution in [1.82, 2.24) is 15.1 Å². The molecule has 0 fully saturated rings. The Bertz CT molecular complexity index is 561. The number of nitrogens with one attached hydrogen (secondary N) is 1. The summed E-state index contributed by atoms with van der Waals surface area (Å²) in [5, 5.41) is 5.55. The highest BCUT2D eigenvalue weighted by Gasteiger charge is 2.37. The average Bonchev–Trinajstić information content (AvgIpc) is 2.68. The van der Waals surface area contributed by atoms with Gasteiger partial charge in [-0.05, 0) is 40.9 Å². The van der Waals surface area contributed by atoms with Crippen LogP contribution in [0.15, 0.2) is 4.47 Å². The smallest absolute Gasteiger partial charge is 0.356 e. The summed E-state index contributed by atoms with van der Waals surface area (Å²) in [5.41, 5.74) is -0.709. The largest absolute Gasteiger partial charge is 0.436 e. The van der Waals surface area contributed by atoms with Crippen LogP contribution in [0.1, 0.15) is 30.7 Å². The lowest BCUT2D eigenvalue weighted by molar-refractivity contribution is -0.142. The van der Waals surface area contributed by atoms with Gasteiger partial charge >= 0.3 is 6.18 Å². The quantitative estimate of drug-likeness (QED) is 0.561. The van der Waals surface area contributed by atoms with E-state index in [1.807, 2.05) is 0 Å². The molecule has 0 radical (unpaired) electrons. The van der Waals surface area contributed by atoms with Gasteiger partial charge in [0.25, 0.3) is 0 Å². The van der Waals surface area contributed by atoms with Crippen molar-refractivity contribution in [3.8, 4) is 0 Å². The summed E-state index contributed by atoms with van der Waals surface area (Å²) in [6, 6.07) is 0. The number of carbonyl (C=O) groups excluding carboxylic acids is 2. The van der Waals surface area contributed by atoms with Crippen molar-refractivity contribution in [2.45, 2.75) is 38.9 Å². The van der Waals surface area contributed by atoms with E-state index in [9.17, 15) is 22.8 Å². The molecular weight excluding hydrogens is 391 g/mol. The van der Waals surface area contributed by atoms with E-state index in [2.05, 4.69) is 26.3 Å². The van der Waals surface area contributed by atoms with Crippen molar-refractivity contribution in [2.24, 2.45) is 0 Å². The molecule has 0 unspecified atom stereocenters. The van der Waals surface area contributed by atoms with Crippen LogP contribution >= 0.6 is 27.5 Å². The predicted octanol–water partition coefficient (Wildman–Crippen LogP) is 3.02. The van der Waals surface area contributed by atoms with E-state index >= 15 is 0 Å². The van der Waals surface area contributed by atoms with Gasteiger partial charge in [0.1, 0.15) is 0 Å². The van der Waals surface area contributed by atoms with Gasteiger partial charge in [0.15, 0.2) is 5.69 Å². The summed E-state index contributed by atoms with van der Waals surface area (Å²) in [4.78, 5) is 22.1. The number of aryl methyl sites for hydroxylation is 1. The zero-order valence-electron chi connectivity index (χ0n) is 11.6. The maximum atomic E-state index is 12.7. The molecule has 1 aromatic heterocycles. The van der Waals surface area contributed by atoms with Gasteiger partial charge in [-0.25, -0.2) is 0 Å². The molecule has 0 saturated heterocycles. The summed E-state index contributed by atoms with van der Waals surface area (Å²) in [7, 11) is 0. The first-order valence-corrected chi connectivity index (χ1v) is 7.55.